The molecule has 0 aromatic rings. The molecule has 2 atom stereocenters. The van der Waals surface area contributed by atoms with E-state index in [9.17, 15) is 0 Å². The largest absolute Gasteiger partial charge is 0.102 e. The monoisotopic (exact) mass is 202 g/mol. The Kier molecular flexibility index (Phi) is 3.38. The minimum Gasteiger partial charge on any atom is -0.102 e. The normalized spacial score (nSPS) is 30.1. The molecule has 0 N–H and O–H groups in total. The Morgan fingerprint density at radius 2 is 2.07 bits per heavy atom. The molecule has 0 saturated carbocycles. The van der Waals surface area contributed by atoms with Gasteiger partial charge in [-0.2, -0.15) is 0 Å². The third-order valence-corrected chi connectivity index (χ3v) is 3.50. The second-order valence-corrected chi connectivity index (χ2v) is 5.03. The van der Waals surface area contributed by atoms with Crippen LogP contribution in [0.5, 0.6) is 0 Å². The summed E-state index contributed by atoms with van der Waals surface area (Å²) in [4.78, 5) is 0. The fourth-order valence-corrected chi connectivity index (χ4v) is 2.19. The predicted octanol–water partition coefficient (Wildman–Crippen LogP) is 4.67. The Bertz CT molecular complexity index is 337. The van der Waals surface area contributed by atoms with Gasteiger partial charge in [0.2, 0.25) is 0 Å². The summed E-state index contributed by atoms with van der Waals surface area (Å²) in [5.41, 5.74) is 4.18. The number of rotatable bonds is 2. The van der Waals surface area contributed by atoms with Crippen LogP contribution in [0.3, 0.4) is 0 Å². The molecule has 15 heavy (non-hydrogen) atoms. The van der Waals surface area contributed by atoms with Crippen LogP contribution < -0.4 is 0 Å². The van der Waals surface area contributed by atoms with Gasteiger partial charge in [0, 0.05) is 5.41 Å². The minimum absolute atomic E-state index is 0.0742. The van der Waals surface area contributed by atoms with Crippen LogP contribution in [0.2, 0.25) is 0 Å². The Morgan fingerprint density at radius 1 is 1.47 bits per heavy atom. The summed E-state index contributed by atoms with van der Waals surface area (Å²) in [6.45, 7) is 16.8. The van der Waals surface area contributed by atoms with E-state index in [0.717, 1.165) is 6.42 Å². The highest BCUT2D eigenvalue weighted by atomic mass is 14.4. The molecule has 0 nitrogen and oxygen atoms in total. The fraction of sp³-hybridized carbons (Fsp3) is 0.467. The van der Waals surface area contributed by atoms with Gasteiger partial charge in [0.25, 0.3) is 0 Å². The van der Waals surface area contributed by atoms with E-state index < -0.39 is 0 Å². The van der Waals surface area contributed by atoms with E-state index in [1.165, 1.54) is 16.7 Å². The molecule has 82 valence electrons. The summed E-state index contributed by atoms with van der Waals surface area (Å²) in [6.07, 6.45) is 7.66. The van der Waals surface area contributed by atoms with Crippen molar-refractivity contribution in [2.24, 2.45) is 11.3 Å². The molecule has 1 aliphatic carbocycles. The quantitative estimate of drug-likeness (QED) is 0.571. The van der Waals surface area contributed by atoms with E-state index >= 15 is 0 Å². The smallest absolute Gasteiger partial charge is 0.0102 e. The molecule has 0 heterocycles. The molecule has 0 aromatic carbocycles. The number of hydrogen-bond donors (Lipinski definition) is 0. The molecule has 1 rings (SSSR count). The van der Waals surface area contributed by atoms with Gasteiger partial charge in [-0.3, -0.25) is 0 Å². The average molecular weight is 202 g/mol. The molecule has 0 saturated heterocycles. The first-order valence-corrected chi connectivity index (χ1v) is 5.55. The van der Waals surface area contributed by atoms with Crippen molar-refractivity contribution in [1.82, 2.24) is 0 Å². The van der Waals surface area contributed by atoms with Crippen LogP contribution in [0.1, 0.15) is 34.1 Å². The zero-order chi connectivity index (χ0) is 11.6. The first-order chi connectivity index (χ1) is 6.90. The van der Waals surface area contributed by atoms with Gasteiger partial charge in [-0.1, -0.05) is 42.9 Å². The van der Waals surface area contributed by atoms with Crippen LogP contribution >= 0.6 is 0 Å². The van der Waals surface area contributed by atoms with Gasteiger partial charge in [-0.05, 0) is 38.7 Å². The van der Waals surface area contributed by atoms with Crippen LogP contribution in [-0.4, -0.2) is 0 Å². The summed E-state index contributed by atoms with van der Waals surface area (Å²) in [5, 5.41) is 0. The van der Waals surface area contributed by atoms with Crippen molar-refractivity contribution < 1.29 is 0 Å². The highest BCUT2D eigenvalue weighted by Gasteiger charge is 2.32. The number of allylic oxidation sites excluding steroid dienone is 6. The zero-order valence-corrected chi connectivity index (χ0v) is 10.4. The van der Waals surface area contributed by atoms with Crippen molar-refractivity contribution in [3.05, 3.63) is 48.1 Å². The molecule has 0 fully saturated rings. The predicted molar refractivity (Wildman–Crippen MR) is 68.7 cm³/mol. The lowest BCUT2D eigenvalue weighted by Crippen LogP contribution is -2.27. The molecule has 2 unspecified atom stereocenters. The lowest BCUT2D eigenvalue weighted by atomic mass is 9.67. The second kappa shape index (κ2) is 4.22. The molecule has 0 heteroatoms. The topological polar surface area (TPSA) is 0 Å². The Hall–Kier alpha value is -1.04. The van der Waals surface area contributed by atoms with Gasteiger partial charge >= 0.3 is 0 Å². The first kappa shape index (κ1) is 12.0. The van der Waals surface area contributed by atoms with E-state index in [-0.39, 0.29) is 5.41 Å². The SMILES string of the molecule is C=CC1(C)C=CC(=C(C)C)CC1C(=C)C. The van der Waals surface area contributed by atoms with E-state index in [0.29, 0.717) is 5.92 Å². The van der Waals surface area contributed by atoms with Crippen LogP contribution in [0.15, 0.2) is 48.1 Å². The average Bonchev–Trinajstić information content (AvgIpc) is 2.17. The third kappa shape index (κ3) is 2.31. The molecule has 1 aliphatic rings. The number of hydrogen-bond acceptors (Lipinski definition) is 0. The molecule has 0 radical (unpaired) electrons. The van der Waals surface area contributed by atoms with E-state index in [1.54, 1.807) is 0 Å². The second-order valence-electron chi connectivity index (χ2n) is 5.03. The Balaban J connectivity index is 3.15. The lowest BCUT2D eigenvalue weighted by molar-refractivity contribution is 0.363. The summed E-state index contributed by atoms with van der Waals surface area (Å²) >= 11 is 0. The highest BCUT2D eigenvalue weighted by molar-refractivity contribution is 5.35. The van der Waals surface area contributed by atoms with Crippen LogP contribution in [-0.2, 0) is 0 Å². The molecule has 0 amide bonds. The first-order valence-electron chi connectivity index (χ1n) is 5.55. The third-order valence-electron chi connectivity index (χ3n) is 3.50. The zero-order valence-electron chi connectivity index (χ0n) is 10.4. The molecule has 0 bridgehead atoms. The minimum atomic E-state index is 0.0742. The molecular formula is C15H22. The van der Waals surface area contributed by atoms with E-state index in [1.807, 2.05) is 6.08 Å². The van der Waals surface area contributed by atoms with Gasteiger partial charge in [-0.15, -0.1) is 6.58 Å². The maximum Gasteiger partial charge on any atom is 0.0102 e. The Labute approximate surface area is 94.1 Å². The van der Waals surface area contributed by atoms with Crippen LogP contribution in [0.25, 0.3) is 0 Å². The highest BCUT2D eigenvalue weighted by Crippen LogP contribution is 2.43. The standard InChI is InChI=1S/C15H22/c1-7-15(6)9-8-13(11(2)3)10-14(15)12(4)5/h7-9,14H,1,4,10H2,2-3,5-6H3. The van der Waals surface area contributed by atoms with E-state index in [4.69, 9.17) is 0 Å². The Morgan fingerprint density at radius 3 is 2.47 bits per heavy atom. The fourth-order valence-electron chi connectivity index (χ4n) is 2.19. The van der Waals surface area contributed by atoms with E-state index in [2.05, 4.69) is 53.0 Å². The van der Waals surface area contributed by atoms with Crippen molar-refractivity contribution in [3.8, 4) is 0 Å². The molecule has 0 aromatic heterocycles. The van der Waals surface area contributed by atoms with Gasteiger partial charge in [0.05, 0.1) is 0 Å². The van der Waals surface area contributed by atoms with Crippen molar-refractivity contribution in [3.63, 3.8) is 0 Å². The summed E-state index contributed by atoms with van der Waals surface area (Å²) < 4.78 is 0. The molecule has 0 aliphatic heterocycles. The van der Waals surface area contributed by atoms with Crippen molar-refractivity contribution in [2.45, 2.75) is 34.1 Å². The van der Waals surface area contributed by atoms with Gasteiger partial charge in [0.15, 0.2) is 0 Å². The summed E-state index contributed by atoms with van der Waals surface area (Å²) in [6, 6.07) is 0. The maximum absolute atomic E-state index is 4.11. The van der Waals surface area contributed by atoms with Crippen molar-refractivity contribution in [1.29, 1.82) is 0 Å². The van der Waals surface area contributed by atoms with Crippen LogP contribution in [0, 0.1) is 11.3 Å². The van der Waals surface area contributed by atoms with Gasteiger partial charge in [0.1, 0.15) is 0 Å². The van der Waals surface area contributed by atoms with Gasteiger partial charge in [-0.25, -0.2) is 0 Å². The molecular weight excluding hydrogens is 180 g/mol. The summed E-state index contributed by atoms with van der Waals surface area (Å²) in [7, 11) is 0. The lowest BCUT2D eigenvalue weighted by Gasteiger charge is -2.37. The van der Waals surface area contributed by atoms with Gasteiger partial charge < -0.3 is 0 Å². The van der Waals surface area contributed by atoms with Crippen LogP contribution in [0.4, 0.5) is 0 Å². The van der Waals surface area contributed by atoms with Crippen molar-refractivity contribution >= 4 is 0 Å². The molecule has 0 spiro atoms. The van der Waals surface area contributed by atoms with Crippen molar-refractivity contribution in [2.75, 3.05) is 0 Å². The maximum atomic E-state index is 4.11. The summed E-state index contributed by atoms with van der Waals surface area (Å²) in [5.74, 6) is 0.491.